The van der Waals surface area contributed by atoms with Gasteiger partial charge in [-0.3, -0.25) is 9.69 Å². The first-order valence-corrected chi connectivity index (χ1v) is 9.19. The molecule has 2 N–H and O–H groups in total. The molecule has 27 heavy (non-hydrogen) atoms. The van der Waals surface area contributed by atoms with E-state index in [1.165, 1.54) is 0 Å². The number of piperazine rings is 1. The van der Waals surface area contributed by atoms with Crippen LogP contribution in [0.2, 0.25) is 0 Å². The van der Waals surface area contributed by atoms with E-state index in [0.717, 1.165) is 19.6 Å². The molecule has 0 radical (unpaired) electrons. The second-order valence-electron chi connectivity index (χ2n) is 7.09. The van der Waals surface area contributed by atoms with Crippen molar-refractivity contribution < 1.29 is 14.1 Å². The van der Waals surface area contributed by atoms with E-state index in [-0.39, 0.29) is 23.9 Å². The number of nitrogens with one attached hydrogen (secondary N) is 2. The highest BCUT2D eigenvalue weighted by Gasteiger charge is 2.30. The van der Waals surface area contributed by atoms with Crippen molar-refractivity contribution in [1.29, 1.82) is 0 Å². The van der Waals surface area contributed by atoms with Gasteiger partial charge in [-0.1, -0.05) is 31.1 Å². The van der Waals surface area contributed by atoms with Crippen LogP contribution < -0.4 is 15.4 Å². The van der Waals surface area contributed by atoms with Gasteiger partial charge in [0.2, 0.25) is 5.89 Å². The van der Waals surface area contributed by atoms with Crippen molar-refractivity contribution in [2.24, 2.45) is 5.92 Å². The normalized spacial score (nSPS) is 19.1. The first-order valence-electron chi connectivity index (χ1n) is 9.19. The first-order chi connectivity index (χ1) is 13.0. The van der Waals surface area contributed by atoms with Crippen LogP contribution in [-0.4, -0.2) is 54.7 Å². The van der Waals surface area contributed by atoms with Crippen LogP contribution in [0.5, 0.6) is 5.75 Å². The maximum absolute atomic E-state index is 12.8. The minimum absolute atomic E-state index is 0.0639. The van der Waals surface area contributed by atoms with Gasteiger partial charge < -0.3 is 19.9 Å². The number of methoxy groups -OCH3 is 1. The van der Waals surface area contributed by atoms with Crippen LogP contribution in [0.25, 0.3) is 0 Å². The van der Waals surface area contributed by atoms with E-state index in [1.807, 2.05) is 27.0 Å². The quantitative estimate of drug-likeness (QED) is 0.797. The smallest absolute Gasteiger partial charge is 0.255 e. The minimum Gasteiger partial charge on any atom is -0.496 e. The molecule has 0 saturated carbocycles. The van der Waals surface area contributed by atoms with Crippen molar-refractivity contribution in [3.05, 3.63) is 41.5 Å². The van der Waals surface area contributed by atoms with Gasteiger partial charge in [0.25, 0.3) is 5.91 Å². The molecule has 0 bridgehead atoms. The van der Waals surface area contributed by atoms with Gasteiger partial charge in [-0.05, 0) is 25.1 Å². The summed E-state index contributed by atoms with van der Waals surface area (Å²) < 4.78 is 10.8. The summed E-state index contributed by atoms with van der Waals surface area (Å²) in [6, 6.07) is 6.80. The molecule has 0 aliphatic carbocycles. The lowest BCUT2D eigenvalue weighted by Gasteiger charge is -2.30. The summed E-state index contributed by atoms with van der Waals surface area (Å²) in [7, 11) is 3.59. The molecule has 0 spiro atoms. The zero-order chi connectivity index (χ0) is 19.4. The van der Waals surface area contributed by atoms with E-state index in [2.05, 4.69) is 25.7 Å². The molecule has 2 unspecified atom stereocenters. The van der Waals surface area contributed by atoms with Crippen LogP contribution in [0.1, 0.15) is 48.0 Å². The number of likely N-dealkylation sites (N-methyl/N-ethyl adjacent to an activating group) is 1. The topological polar surface area (TPSA) is 92.5 Å². The van der Waals surface area contributed by atoms with E-state index in [0.29, 0.717) is 23.0 Å². The van der Waals surface area contributed by atoms with Gasteiger partial charge in [0, 0.05) is 19.6 Å². The molecule has 1 aliphatic rings. The number of para-hydroxylation sites is 1. The van der Waals surface area contributed by atoms with Crippen LogP contribution in [0, 0.1) is 5.92 Å². The molecule has 2 heterocycles. The fourth-order valence-corrected chi connectivity index (χ4v) is 3.17. The molecule has 3 rings (SSSR count). The Morgan fingerprint density at radius 1 is 1.41 bits per heavy atom. The van der Waals surface area contributed by atoms with Gasteiger partial charge in [0.05, 0.1) is 18.7 Å². The highest BCUT2D eigenvalue weighted by molar-refractivity contribution is 5.97. The van der Waals surface area contributed by atoms with Crippen molar-refractivity contribution in [1.82, 2.24) is 25.7 Å². The minimum atomic E-state index is -0.384. The Bertz CT molecular complexity index is 776. The number of amides is 1. The summed E-state index contributed by atoms with van der Waals surface area (Å²) in [6.07, 6.45) is 0. The number of carbonyl (C=O) groups excluding carboxylic acids is 1. The Labute approximate surface area is 159 Å². The summed E-state index contributed by atoms with van der Waals surface area (Å²) in [5, 5.41) is 10.5. The van der Waals surface area contributed by atoms with Crippen LogP contribution >= 0.6 is 0 Å². The van der Waals surface area contributed by atoms with Gasteiger partial charge in [0.15, 0.2) is 5.82 Å². The molecule has 8 heteroatoms. The molecule has 1 aliphatic heterocycles. The third-order valence-corrected chi connectivity index (χ3v) is 4.84. The summed E-state index contributed by atoms with van der Waals surface area (Å²) in [5.74, 6) is 1.43. The zero-order valence-electron chi connectivity index (χ0n) is 16.2. The predicted molar refractivity (Wildman–Crippen MR) is 101 cm³/mol. The third kappa shape index (κ3) is 4.28. The van der Waals surface area contributed by atoms with Crippen molar-refractivity contribution in [3.8, 4) is 5.75 Å². The highest BCUT2D eigenvalue weighted by Crippen LogP contribution is 2.25. The molecule has 2 aromatic rings. The maximum atomic E-state index is 12.8. The standard InChI is InChI=1S/C19H27N5O3/c1-12(2)16(21-18(25)13-7-5-6-8-15(13)26-4)19-22-17(23-27-19)14-11-20-9-10-24(14)3/h5-8,12,14,16,20H,9-11H2,1-4H3,(H,21,25). The average molecular weight is 373 g/mol. The Hall–Kier alpha value is -2.45. The number of hydrogen-bond donors (Lipinski definition) is 2. The number of rotatable bonds is 6. The number of carbonyl (C=O) groups is 1. The van der Waals surface area contributed by atoms with Gasteiger partial charge in [-0.15, -0.1) is 0 Å². The largest absolute Gasteiger partial charge is 0.496 e. The Balaban J connectivity index is 1.79. The molecule has 8 nitrogen and oxygen atoms in total. The van der Waals surface area contributed by atoms with E-state index in [1.54, 1.807) is 25.3 Å². The first kappa shape index (κ1) is 19.3. The lowest BCUT2D eigenvalue weighted by molar-refractivity contribution is 0.0911. The Kier molecular flexibility index (Phi) is 6.08. The van der Waals surface area contributed by atoms with E-state index < -0.39 is 0 Å². The second-order valence-corrected chi connectivity index (χ2v) is 7.09. The van der Waals surface area contributed by atoms with Crippen molar-refractivity contribution in [2.75, 3.05) is 33.8 Å². The fourth-order valence-electron chi connectivity index (χ4n) is 3.17. The number of ether oxygens (including phenoxy) is 1. The summed E-state index contributed by atoms with van der Waals surface area (Å²) in [4.78, 5) is 19.6. The second kappa shape index (κ2) is 8.49. The lowest BCUT2D eigenvalue weighted by atomic mass is 10.0. The van der Waals surface area contributed by atoms with E-state index >= 15 is 0 Å². The highest BCUT2D eigenvalue weighted by atomic mass is 16.5. The lowest BCUT2D eigenvalue weighted by Crippen LogP contribution is -2.44. The molecule has 1 aromatic heterocycles. The molecular formula is C19H27N5O3. The molecule has 2 atom stereocenters. The molecule has 1 saturated heterocycles. The summed E-state index contributed by atoms with van der Waals surface area (Å²) in [5.41, 5.74) is 0.474. The number of benzene rings is 1. The maximum Gasteiger partial charge on any atom is 0.255 e. The van der Waals surface area contributed by atoms with Gasteiger partial charge >= 0.3 is 0 Å². The summed E-state index contributed by atoms with van der Waals surface area (Å²) in [6.45, 7) is 6.65. The third-order valence-electron chi connectivity index (χ3n) is 4.84. The zero-order valence-corrected chi connectivity index (χ0v) is 16.2. The fraction of sp³-hybridized carbons (Fsp3) is 0.526. The monoisotopic (exact) mass is 373 g/mol. The van der Waals surface area contributed by atoms with Gasteiger partial charge in [0.1, 0.15) is 11.8 Å². The Morgan fingerprint density at radius 3 is 2.89 bits per heavy atom. The molecule has 1 amide bonds. The molecule has 1 aromatic carbocycles. The number of nitrogens with zero attached hydrogens (tertiary/aromatic N) is 3. The number of aromatic nitrogens is 2. The van der Waals surface area contributed by atoms with Crippen molar-refractivity contribution in [2.45, 2.75) is 25.9 Å². The van der Waals surface area contributed by atoms with Crippen molar-refractivity contribution >= 4 is 5.91 Å². The van der Waals surface area contributed by atoms with Crippen LogP contribution in [-0.2, 0) is 0 Å². The predicted octanol–water partition coefficient (Wildman–Crippen LogP) is 1.78. The molecule has 1 fully saturated rings. The van der Waals surface area contributed by atoms with Crippen LogP contribution in [0.15, 0.2) is 28.8 Å². The SMILES string of the molecule is COc1ccccc1C(=O)NC(c1nc(C2CNCCN2C)no1)C(C)C. The van der Waals surface area contributed by atoms with Crippen LogP contribution in [0.3, 0.4) is 0 Å². The van der Waals surface area contributed by atoms with Crippen LogP contribution in [0.4, 0.5) is 0 Å². The van der Waals surface area contributed by atoms with Gasteiger partial charge in [-0.25, -0.2) is 0 Å². The number of hydrogen-bond acceptors (Lipinski definition) is 7. The molecule has 146 valence electrons. The van der Waals surface area contributed by atoms with E-state index in [9.17, 15) is 4.79 Å². The van der Waals surface area contributed by atoms with Crippen molar-refractivity contribution in [3.63, 3.8) is 0 Å². The van der Waals surface area contributed by atoms with Gasteiger partial charge in [-0.2, -0.15) is 4.98 Å². The van der Waals surface area contributed by atoms with E-state index in [4.69, 9.17) is 9.26 Å². The average Bonchev–Trinajstić information content (AvgIpc) is 3.15. The molecular weight excluding hydrogens is 346 g/mol. The summed E-state index contributed by atoms with van der Waals surface area (Å²) >= 11 is 0. The Morgan fingerprint density at radius 2 is 2.19 bits per heavy atom.